The van der Waals surface area contributed by atoms with Gasteiger partial charge in [0.1, 0.15) is 12.4 Å². The normalized spacial score (nSPS) is 12.2. The molecule has 3 aromatic carbocycles. The van der Waals surface area contributed by atoms with Crippen LogP contribution in [0.25, 0.3) is 0 Å². The Morgan fingerprint density at radius 3 is 1.69 bits per heavy atom. The molecule has 0 aliphatic carbocycles. The van der Waals surface area contributed by atoms with Gasteiger partial charge in [0.25, 0.3) is 5.91 Å². The van der Waals surface area contributed by atoms with Gasteiger partial charge in [0.05, 0.1) is 62.0 Å². The van der Waals surface area contributed by atoms with E-state index >= 15 is 0 Å². The fourth-order valence-electron chi connectivity index (χ4n) is 4.41. The van der Waals surface area contributed by atoms with Crippen molar-refractivity contribution >= 4 is 11.9 Å². The van der Waals surface area contributed by atoms with E-state index in [0.29, 0.717) is 42.3 Å². The molecule has 4 N–H and O–H groups in total. The molecule has 0 radical (unpaired) electrons. The molecule has 49 heavy (non-hydrogen) atoms. The van der Waals surface area contributed by atoms with E-state index in [4.69, 9.17) is 39.8 Å². The van der Waals surface area contributed by atoms with Crippen LogP contribution in [0.1, 0.15) is 65.1 Å². The molecule has 0 heterocycles. The lowest BCUT2D eigenvalue weighted by molar-refractivity contribution is -0.497. The summed E-state index contributed by atoms with van der Waals surface area (Å²) in [5.74, 6) is -0.435. The molecule has 15 heteroatoms. The maximum atomic E-state index is 13.6. The van der Waals surface area contributed by atoms with Crippen LogP contribution in [0.3, 0.4) is 0 Å². The number of benzene rings is 3. The minimum atomic E-state index is -0.879. The van der Waals surface area contributed by atoms with Gasteiger partial charge in [-0.1, -0.05) is 36.4 Å². The van der Waals surface area contributed by atoms with Crippen molar-refractivity contribution in [2.45, 2.75) is 65.8 Å². The summed E-state index contributed by atoms with van der Waals surface area (Å²) >= 11 is 0. The first-order chi connectivity index (χ1) is 23.4. The second-order valence-corrected chi connectivity index (χ2v) is 11.5. The first-order valence-electron chi connectivity index (χ1n) is 15.6. The average Bonchev–Trinajstić information content (AvgIpc) is 3.07. The quantitative estimate of drug-likeness (QED) is 0.0681. The highest BCUT2D eigenvalue weighted by atomic mass is 17.1. The number of nitrogens with zero attached hydrogens (tertiary/aromatic N) is 3. The minimum absolute atomic E-state index is 0.0101. The van der Waals surface area contributed by atoms with Gasteiger partial charge in [-0.05, 0) is 80.8 Å². The topological polar surface area (TPSA) is 180 Å². The maximum Gasteiger partial charge on any atom is 0.338 e. The molecule has 3 aromatic rings. The lowest BCUT2D eigenvalue weighted by Gasteiger charge is -2.31. The Hall–Kier alpha value is -4.00. The molecule has 1 unspecified atom stereocenters. The van der Waals surface area contributed by atoms with Gasteiger partial charge in [-0.3, -0.25) is 25.6 Å². The van der Waals surface area contributed by atoms with Gasteiger partial charge < -0.3 is 23.8 Å². The van der Waals surface area contributed by atoms with E-state index in [1.165, 1.54) is 12.1 Å². The Labute approximate surface area is 285 Å². The molecule has 1 atom stereocenters. The largest absolute Gasteiger partial charge is 0.490 e. The Morgan fingerprint density at radius 1 is 0.673 bits per heavy atom. The Balaban J connectivity index is 1.71. The van der Waals surface area contributed by atoms with Gasteiger partial charge in [-0.15, -0.1) is 0 Å². The summed E-state index contributed by atoms with van der Waals surface area (Å²) in [4.78, 5) is 37.6. The van der Waals surface area contributed by atoms with Crippen LogP contribution in [-0.4, -0.2) is 93.0 Å². The molecule has 0 aliphatic heterocycles. The summed E-state index contributed by atoms with van der Waals surface area (Å²) in [5, 5.41) is 34.3. The van der Waals surface area contributed by atoms with E-state index in [1.807, 2.05) is 39.8 Å². The molecule has 15 nitrogen and oxygen atoms in total. The number of ether oxygens (including phenoxy) is 4. The van der Waals surface area contributed by atoms with Gasteiger partial charge in [-0.25, -0.2) is 14.5 Å². The molecule has 0 aromatic heterocycles. The van der Waals surface area contributed by atoms with Gasteiger partial charge >= 0.3 is 5.97 Å². The van der Waals surface area contributed by atoms with Crippen molar-refractivity contribution in [1.82, 2.24) is 15.7 Å². The zero-order valence-electron chi connectivity index (χ0n) is 28.0. The molecular weight excluding hydrogens is 642 g/mol. The van der Waals surface area contributed by atoms with E-state index in [0.717, 1.165) is 5.56 Å². The predicted molar refractivity (Wildman–Crippen MR) is 171 cm³/mol. The van der Waals surface area contributed by atoms with Gasteiger partial charge in [0, 0.05) is 11.6 Å². The van der Waals surface area contributed by atoms with Gasteiger partial charge in [-0.2, -0.15) is 0 Å². The Morgan fingerprint density at radius 2 is 1.18 bits per heavy atom. The molecule has 0 saturated carbocycles. The highest BCUT2D eigenvalue weighted by molar-refractivity contribution is 5.94. The SMILES string of the molecule is CC(C)OCCOCc1ccc(OCC(CN(C(=O)c2ccc(CON(O)O)cc2)C(C)C)OC(=O)c2ccc(CON(O)O)cc2)cc1. The number of rotatable bonds is 21. The third kappa shape index (κ3) is 14.6. The molecule has 0 fully saturated rings. The second-order valence-electron chi connectivity index (χ2n) is 11.5. The number of carbonyl (C=O) groups excluding carboxylic acids is 2. The molecule has 0 bridgehead atoms. The smallest absolute Gasteiger partial charge is 0.338 e. The summed E-state index contributed by atoms with van der Waals surface area (Å²) in [6.07, 6.45) is -0.739. The number of amides is 1. The third-order valence-electron chi connectivity index (χ3n) is 6.95. The van der Waals surface area contributed by atoms with Gasteiger partial charge in [0.15, 0.2) is 6.10 Å². The second kappa shape index (κ2) is 20.5. The van der Waals surface area contributed by atoms with Crippen molar-refractivity contribution in [3.8, 4) is 5.75 Å². The van der Waals surface area contributed by atoms with E-state index in [2.05, 4.69) is 9.68 Å². The fraction of sp³-hybridized carbons (Fsp3) is 0.412. The summed E-state index contributed by atoms with van der Waals surface area (Å²) in [5.41, 5.74) is 2.71. The summed E-state index contributed by atoms with van der Waals surface area (Å²) < 4.78 is 23.0. The van der Waals surface area contributed by atoms with Crippen molar-refractivity contribution in [2.24, 2.45) is 0 Å². The third-order valence-corrected chi connectivity index (χ3v) is 6.95. The van der Waals surface area contributed by atoms with Crippen molar-refractivity contribution in [2.75, 3.05) is 26.4 Å². The monoisotopic (exact) mass is 687 g/mol. The van der Waals surface area contributed by atoms with Crippen LogP contribution in [0, 0.1) is 0 Å². The summed E-state index contributed by atoms with van der Waals surface area (Å²) in [7, 11) is 0. The average molecular weight is 688 g/mol. The van der Waals surface area contributed by atoms with E-state index in [9.17, 15) is 9.59 Å². The first kappa shape index (κ1) is 39.4. The molecule has 0 spiro atoms. The zero-order valence-corrected chi connectivity index (χ0v) is 28.0. The highest BCUT2D eigenvalue weighted by Gasteiger charge is 2.26. The summed E-state index contributed by atoms with van der Waals surface area (Å²) in [6, 6.07) is 19.6. The van der Waals surface area contributed by atoms with Crippen LogP contribution in [0.5, 0.6) is 5.75 Å². The number of hydrogen-bond acceptors (Lipinski definition) is 14. The highest BCUT2D eigenvalue weighted by Crippen LogP contribution is 2.18. The lowest BCUT2D eigenvalue weighted by Crippen LogP contribution is -2.45. The van der Waals surface area contributed by atoms with E-state index in [-0.39, 0.29) is 55.4 Å². The standard InChI is InChI=1S/C34H45N3O12/c1-24(2)35(33(38)29-11-5-27(6-12-29)21-47-36(40)41)19-32(49-34(39)30-13-7-28(8-14-30)22-48-37(42)43)23-46-31-15-9-26(10-16-31)20-44-17-18-45-25(3)4/h5-16,24-25,32,40-43H,17-23H2,1-4H3. The predicted octanol–water partition coefficient (Wildman–Crippen LogP) is 4.81. The fourth-order valence-corrected chi connectivity index (χ4v) is 4.41. The van der Waals surface area contributed by atoms with Crippen LogP contribution < -0.4 is 4.74 Å². The molecular formula is C34H45N3O12. The molecule has 0 saturated heterocycles. The summed E-state index contributed by atoms with van der Waals surface area (Å²) in [6.45, 7) is 8.68. The van der Waals surface area contributed by atoms with Crippen molar-refractivity contribution in [3.63, 3.8) is 0 Å². The minimum Gasteiger partial charge on any atom is -0.490 e. The zero-order chi connectivity index (χ0) is 35.8. The number of esters is 1. The lowest BCUT2D eigenvalue weighted by atomic mass is 10.1. The van der Waals surface area contributed by atoms with Crippen LogP contribution in [-0.2, 0) is 43.7 Å². The molecule has 1 amide bonds. The van der Waals surface area contributed by atoms with Crippen LogP contribution in [0.2, 0.25) is 0 Å². The van der Waals surface area contributed by atoms with Crippen molar-refractivity contribution < 1.29 is 59.0 Å². The maximum absolute atomic E-state index is 13.6. The number of hydrogen-bond donors (Lipinski definition) is 4. The first-order valence-corrected chi connectivity index (χ1v) is 15.6. The van der Waals surface area contributed by atoms with E-state index < -0.39 is 17.5 Å². The van der Waals surface area contributed by atoms with E-state index in [1.54, 1.807) is 53.4 Å². The van der Waals surface area contributed by atoms with Crippen LogP contribution >= 0.6 is 0 Å². The van der Waals surface area contributed by atoms with Crippen LogP contribution in [0.4, 0.5) is 0 Å². The molecule has 3 rings (SSSR count). The van der Waals surface area contributed by atoms with Crippen molar-refractivity contribution in [1.29, 1.82) is 0 Å². The van der Waals surface area contributed by atoms with Crippen molar-refractivity contribution in [3.05, 3.63) is 101 Å². The Bertz CT molecular complexity index is 1400. The molecule has 268 valence electrons. The van der Waals surface area contributed by atoms with Crippen LogP contribution in [0.15, 0.2) is 72.8 Å². The van der Waals surface area contributed by atoms with Gasteiger partial charge in [0.2, 0.25) is 0 Å². The number of carbonyl (C=O) groups is 2. The Kier molecular flexibility index (Phi) is 16.5. The molecule has 0 aliphatic rings.